The summed E-state index contributed by atoms with van der Waals surface area (Å²) in [4.78, 5) is 23.5. The highest BCUT2D eigenvalue weighted by Gasteiger charge is 2.47. The number of aliphatic hydroxyl groups is 3. The van der Waals surface area contributed by atoms with Gasteiger partial charge in [-0.1, -0.05) is 0 Å². The van der Waals surface area contributed by atoms with Crippen molar-refractivity contribution in [3.05, 3.63) is 12.3 Å². The van der Waals surface area contributed by atoms with Gasteiger partial charge in [0.2, 0.25) is 0 Å². The predicted octanol–water partition coefficient (Wildman–Crippen LogP) is -3.18. The molecule has 0 aliphatic carbocycles. The van der Waals surface area contributed by atoms with Gasteiger partial charge in [0.1, 0.15) is 18.3 Å². The van der Waals surface area contributed by atoms with Crippen molar-refractivity contribution in [3.63, 3.8) is 0 Å². The van der Waals surface area contributed by atoms with E-state index in [9.17, 15) is 19.8 Å². The zero-order valence-electron chi connectivity index (χ0n) is 9.84. The molecule has 9 heteroatoms. The first-order valence-electron chi connectivity index (χ1n) is 5.59. The van der Waals surface area contributed by atoms with Crippen LogP contribution in [-0.2, 0) is 9.53 Å². The molecule has 6 N–H and O–H groups in total. The number of hydrogen-bond acceptors (Lipinski definition) is 7. The van der Waals surface area contributed by atoms with Gasteiger partial charge in [0, 0.05) is 6.20 Å². The maximum Gasteiger partial charge on any atom is 0.325 e. The van der Waals surface area contributed by atoms with Crippen LogP contribution >= 0.6 is 0 Å². The average Bonchev–Trinajstić information content (AvgIpc) is 2.67. The molecule has 1 saturated heterocycles. The Morgan fingerprint density at radius 3 is 2.68 bits per heavy atom. The van der Waals surface area contributed by atoms with Gasteiger partial charge < -0.3 is 25.4 Å². The second kappa shape index (κ2) is 4.87. The average molecular weight is 273 g/mol. The lowest BCUT2D eigenvalue weighted by molar-refractivity contribution is -0.112. The van der Waals surface area contributed by atoms with Gasteiger partial charge in [-0.05, 0) is 6.08 Å². The Kier molecular flexibility index (Phi) is 3.56. The van der Waals surface area contributed by atoms with E-state index in [2.05, 4.69) is 5.32 Å². The van der Waals surface area contributed by atoms with Crippen LogP contribution in [0.25, 0.3) is 0 Å². The summed E-state index contributed by atoms with van der Waals surface area (Å²) in [6, 6.07) is -0.757. The summed E-state index contributed by atoms with van der Waals surface area (Å²) in [5.74, 6) is 0. The molecule has 5 atom stereocenters. The van der Waals surface area contributed by atoms with Crippen molar-refractivity contribution < 1.29 is 29.6 Å². The molecule has 0 spiro atoms. The molecule has 0 aromatic rings. The summed E-state index contributed by atoms with van der Waals surface area (Å²) in [5, 5.41) is 30.5. The van der Waals surface area contributed by atoms with Gasteiger partial charge in [-0.25, -0.2) is 4.79 Å². The van der Waals surface area contributed by atoms with E-state index in [0.717, 1.165) is 4.90 Å². The minimum Gasteiger partial charge on any atom is -0.394 e. The number of ether oxygens (including phenoxy) is 1. The second-order valence-corrected chi connectivity index (χ2v) is 4.43. The van der Waals surface area contributed by atoms with Crippen LogP contribution in [0.5, 0.6) is 0 Å². The molecule has 0 aromatic carbocycles. The highest BCUT2D eigenvalue weighted by molar-refractivity contribution is 5.84. The Morgan fingerprint density at radius 1 is 1.53 bits per heavy atom. The van der Waals surface area contributed by atoms with E-state index in [1.807, 2.05) is 0 Å². The Labute approximate surface area is 108 Å². The number of carbonyl (C=O) groups excluding carboxylic acids is 2. The van der Waals surface area contributed by atoms with Crippen LogP contribution in [0.15, 0.2) is 12.3 Å². The van der Waals surface area contributed by atoms with Gasteiger partial charge in [0.25, 0.3) is 0 Å². The molecule has 2 aliphatic rings. The first-order chi connectivity index (χ1) is 8.91. The molecule has 1 unspecified atom stereocenters. The number of rotatable bonds is 3. The Morgan fingerprint density at radius 2 is 2.21 bits per heavy atom. The van der Waals surface area contributed by atoms with Gasteiger partial charge in [-0.15, -0.1) is 0 Å². The molecule has 9 nitrogen and oxygen atoms in total. The molecular formula is C10H15N3O6. The van der Waals surface area contributed by atoms with E-state index < -0.39 is 42.8 Å². The fraction of sp³-hybridized carbons (Fsp3) is 0.600. The topological polar surface area (TPSA) is 145 Å². The molecule has 0 aromatic heterocycles. The second-order valence-electron chi connectivity index (χ2n) is 4.43. The normalized spacial score (nSPS) is 42.3. The summed E-state index contributed by atoms with van der Waals surface area (Å²) < 4.78 is 5.18. The molecule has 19 heavy (non-hydrogen) atoms. The molecule has 0 bridgehead atoms. The van der Waals surface area contributed by atoms with Crippen molar-refractivity contribution >= 4 is 12.3 Å². The monoisotopic (exact) mass is 273 g/mol. The van der Waals surface area contributed by atoms with Gasteiger partial charge in [-0.3, -0.25) is 15.4 Å². The third-order valence-electron chi connectivity index (χ3n) is 3.06. The van der Waals surface area contributed by atoms with Crippen molar-refractivity contribution in [2.24, 2.45) is 5.73 Å². The van der Waals surface area contributed by atoms with Crippen LogP contribution in [0.3, 0.4) is 0 Å². The maximum absolute atomic E-state index is 11.8. The minimum absolute atomic E-state index is 0.357. The van der Waals surface area contributed by atoms with E-state index >= 15 is 0 Å². The number of nitrogens with one attached hydrogen (secondary N) is 1. The number of aliphatic hydroxyl groups excluding tert-OH is 3. The van der Waals surface area contributed by atoms with Crippen molar-refractivity contribution in [3.8, 4) is 0 Å². The maximum atomic E-state index is 11.8. The van der Waals surface area contributed by atoms with Crippen molar-refractivity contribution in [1.29, 1.82) is 0 Å². The molecule has 2 heterocycles. The predicted molar refractivity (Wildman–Crippen MR) is 60.3 cm³/mol. The SMILES string of the molecule is NC1(C=O)C=CN([C@@H]2O[C@H](CO)[C@@H](O)[C@H]2O)C(=O)N1. The summed E-state index contributed by atoms with van der Waals surface area (Å²) in [7, 11) is 0. The number of nitrogens with zero attached hydrogens (tertiary/aromatic N) is 1. The van der Waals surface area contributed by atoms with E-state index in [0.29, 0.717) is 6.29 Å². The Balaban J connectivity index is 2.18. The lowest BCUT2D eigenvalue weighted by Crippen LogP contribution is -2.63. The minimum atomic E-state index is -1.61. The summed E-state index contributed by atoms with van der Waals surface area (Å²) >= 11 is 0. The van der Waals surface area contributed by atoms with E-state index in [1.54, 1.807) is 0 Å². The third kappa shape index (κ3) is 2.33. The molecule has 2 amide bonds. The van der Waals surface area contributed by atoms with Crippen molar-refractivity contribution in [2.75, 3.05) is 6.61 Å². The Hall–Kier alpha value is -1.52. The summed E-state index contributed by atoms with van der Waals surface area (Å²) in [5.41, 5.74) is 3.91. The molecular weight excluding hydrogens is 258 g/mol. The van der Waals surface area contributed by atoms with E-state index in [4.69, 9.17) is 15.6 Å². The smallest absolute Gasteiger partial charge is 0.325 e. The largest absolute Gasteiger partial charge is 0.394 e. The highest BCUT2D eigenvalue weighted by Crippen LogP contribution is 2.25. The van der Waals surface area contributed by atoms with Gasteiger partial charge in [0.05, 0.1) is 6.61 Å². The molecule has 1 fully saturated rings. The summed E-state index contributed by atoms with van der Waals surface area (Å²) in [6.45, 7) is -0.497. The lowest BCUT2D eigenvalue weighted by atomic mass is 10.1. The first-order valence-corrected chi connectivity index (χ1v) is 5.59. The third-order valence-corrected chi connectivity index (χ3v) is 3.06. The fourth-order valence-corrected chi connectivity index (χ4v) is 1.94. The summed E-state index contributed by atoms with van der Waals surface area (Å²) in [6.07, 6.45) is -2.09. The van der Waals surface area contributed by atoms with Crippen molar-refractivity contribution in [2.45, 2.75) is 30.2 Å². The zero-order valence-corrected chi connectivity index (χ0v) is 9.84. The Bertz CT molecular complexity index is 416. The number of urea groups is 1. The van der Waals surface area contributed by atoms with Crippen LogP contribution in [0.4, 0.5) is 4.79 Å². The number of amides is 2. The standard InChI is InChI=1S/C10H15N3O6/c11-10(4-15)1-2-13(9(18)12-10)8-7(17)6(16)5(3-14)19-8/h1-2,4-8,14,16-17H,3,11H2,(H,12,18)/t5-,6-,7-,8-,10?/m1/s1. The molecule has 2 rings (SSSR count). The molecule has 0 saturated carbocycles. The van der Waals surface area contributed by atoms with E-state index in [1.165, 1.54) is 12.3 Å². The van der Waals surface area contributed by atoms with Crippen LogP contribution < -0.4 is 11.1 Å². The highest BCUT2D eigenvalue weighted by atomic mass is 16.6. The number of hydrogen-bond donors (Lipinski definition) is 5. The van der Waals surface area contributed by atoms with Crippen LogP contribution in [0, 0.1) is 0 Å². The lowest BCUT2D eigenvalue weighted by Gasteiger charge is -2.34. The zero-order chi connectivity index (χ0) is 14.2. The van der Waals surface area contributed by atoms with Gasteiger partial charge >= 0.3 is 6.03 Å². The van der Waals surface area contributed by atoms with Crippen LogP contribution in [0.2, 0.25) is 0 Å². The molecule has 106 valence electrons. The quantitative estimate of drug-likeness (QED) is 0.341. The van der Waals surface area contributed by atoms with Gasteiger partial charge in [0.15, 0.2) is 18.2 Å². The number of nitrogens with two attached hydrogens (primary N) is 1. The van der Waals surface area contributed by atoms with E-state index in [-0.39, 0.29) is 0 Å². The van der Waals surface area contributed by atoms with Crippen LogP contribution in [0.1, 0.15) is 0 Å². The van der Waals surface area contributed by atoms with Crippen LogP contribution in [-0.4, -0.2) is 69.3 Å². The molecule has 0 radical (unpaired) electrons. The van der Waals surface area contributed by atoms with Crippen molar-refractivity contribution in [1.82, 2.24) is 10.2 Å². The molecule has 2 aliphatic heterocycles. The number of carbonyl (C=O) groups is 2. The first kappa shape index (κ1) is 13.9. The number of aldehydes is 1. The fourth-order valence-electron chi connectivity index (χ4n) is 1.94. The van der Waals surface area contributed by atoms with Gasteiger partial charge in [-0.2, -0.15) is 0 Å².